The molecule has 0 radical (unpaired) electrons. The second kappa shape index (κ2) is 12.0. The lowest BCUT2D eigenvalue weighted by molar-refractivity contribution is -0.313. The molecule has 0 N–H and O–H groups in total. The maximum atomic E-state index is 13.0. The molecule has 6 rings (SSSR count). The number of likely N-dealkylation sites (N-methyl/N-ethyl adjacent to an activating group) is 1. The SMILES string of the molecule is [3H]c1cc(OC(C)=O)c2c3c1C[C@@H]1[C@@H]4C=C[C@H](O[C@@H]5O[C@H](C(=O)OC)[C@@H](OC(C)=O)[C@H](OC(C)=O)[C@H]5OC(C)=O)[C@H](O2)[C@]34CCN1C. The summed E-state index contributed by atoms with van der Waals surface area (Å²) in [4.78, 5) is 64.0. The number of carbonyl (C=O) groups excluding carboxylic acids is 5. The second-order valence-corrected chi connectivity index (χ2v) is 12.2. The molecule has 2 fully saturated rings. The zero-order valence-electron chi connectivity index (χ0n) is 27.3. The molecule has 3 heterocycles. The molecule has 2 bridgehead atoms. The molecule has 248 valence electrons. The average Bonchev–Trinajstić information content (AvgIpc) is 3.33. The van der Waals surface area contributed by atoms with Crippen LogP contribution in [0.1, 0.15) is 46.6 Å². The van der Waals surface area contributed by atoms with E-state index in [2.05, 4.69) is 4.90 Å². The van der Waals surface area contributed by atoms with Gasteiger partial charge in [-0.1, -0.05) is 18.2 Å². The number of hydrogen-bond acceptors (Lipinski definition) is 14. The van der Waals surface area contributed by atoms with Gasteiger partial charge in [-0.3, -0.25) is 19.2 Å². The van der Waals surface area contributed by atoms with E-state index >= 15 is 0 Å². The number of benzene rings is 1. The van der Waals surface area contributed by atoms with Gasteiger partial charge in [-0.25, -0.2) is 4.79 Å². The van der Waals surface area contributed by atoms with Crippen molar-refractivity contribution in [1.29, 1.82) is 0 Å². The molecule has 2 aliphatic carbocycles. The Hall–Kier alpha value is -4.01. The first-order valence-corrected chi connectivity index (χ1v) is 15.1. The highest BCUT2D eigenvalue weighted by molar-refractivity contribution is 5.77. The Morgan fingerprint density at radius 1 is 0.957 bits per heavy atom. The normalized spacial score (nSPS) is 35.5. The summed E-state index contributed by atoms with van der Waals surface area (Å²) in [5.41, 5.74) is 0.922. The second-order valence-electron chi connectivity index (χ2n) is 12.2. The van der Waals surface area contributed by atoms with E-state index in [4.69, 9.17) is 39.3 Å². The van der Waals surface area contributed by atoms with Crippen LogP contribution in [0.3, 0.4) is 0 Å². The van der Waals surface area contributed by atoms with Crippen molar-refractivity contribution in [2.75, 3.05) is 20.7 Å². The molecular weight excluding hydrogens is 606 g/mol. The summed E-state index contributed by atoms with van der Waals surface area (Å²) in [6.45, 7) is 5.32. The van der Waals surface area contributed by atoms with E-state index < -0.39 is 78.2 Å². The Morgan fingerprint density at radius 2 is 1.63 bits per heavy atom. The maximum Gasteiger partial charge on any atom is 0.339 e. The van der Waals surface area contributed by atoms with E-state index in [-0.39, 0.29) is 23.8 Å². The topological polar surface area (TPSA) is 162 Å². The molecule has 0 amide bonds. The van der Waals surface area contributed by atoms with Crippen molar-refractivity contribution in [3.05, 3.63) is 35.4 Å². The summed E-state index contributed by atoms with van der Waals surface area (Å²) in [7, 11) is 3.15. The number of hydrogen-bond donors (Lipinski definition) is 0. The van der Waals surface area contributed by atoms with E-state index in [1.807, 2.05) is 19.2 Å². The van der Waals surface area contributed by atoms with Crippen molar-refractivity contribution in [2.45, 2.75) is 94.9 Å². The van der Waals surface area contributed by atoms with E-state index in [0.717, 1.165) is 39.0 Å². The lowest BCUT2D eigenvalue weighted by Crippen LogP contribution is -2.67. The molecule has 0 unspecified atom stereocenters. The van der Waals surface area contributed by atoms with Crippen LogP contribution in [0.4, 0.5) is 0 Å². The molecule has 14 heteroatoms. The fourth-order valence-corrected chi connectivity index (χ4v) is 7.80. The van der Waals surface area contributed by atoms with Crippen LogP contribution in [0.5, 0.6) is 11.5 Å². The van der Waals surface area contributed by atoms with Gasteiger partial charge in [0.15, 0.2) is 35.9 Å². The molecule has 14 nitrogen and oxygen atoms in total. The highest BCUT2D eigenvalue weighted by atomic mass is 16.7. The van der Waals surface area contributed by atoms with Crippen molar-refractivity contribution in [1.82, 2.24) is 4.90 Å². The lowest BCUT2D eigenvalue weighted by Gasteiger charge is -2.57. The number of likely N-dealkylation sites (tertiary alicyclic amines) is 1. The standard InChI is InChI=1S/C32H37NO13/c1-14(34)40-21-9-7-18-13-20-19-8-10-22(29-32(19,11-12-33(20)5)23(18)24(21)45-29)44-31-28(43-17(4)37)26(42-16(3)36)25(41-15(2)35)27(46-31)30(38)39-6/h7-10,19-20,22,25-29,31H,11-13H2,1-6H3/t19-,20+,22-,25-,26-,27-,28+,29-,31+,32-/m0/s1/i7T. The van der Waals surface area contributed by atoms with E-state index in [1.165, 1.54) is 13.0 Å². The Kier molecular flexibility index (Phi) is 7.97. The zero-order valence-corrected chi connectivity index (χ0v) is 26.3. The minimum atomic E-state index is -1.62. The molecule has 5 aliphatic rings. The average molecular weight is 646 g/mol. The van der Waals surface area contributed by atoms with E-state index in [0.29, 0.717) is 25.1 Å². The first kappa shape index (κ1) is 30.6. The fraction of sp³-hybridized carbons (Fsp3) is 0.594. The summed E-state index contributed by atoms with van der Waals surface area (Å²) >= 11 is 0. The van der Waals surface area contributed by atoms with Crippen LogP contribution in [0.15, 0.2) is 24.3 Å². The van der Waals surface area contributed by atoms with Crippen molar-refractivity contribution in [2.24, 2.45) is 5.92 Å². The molecular formula is C32H37NO13. The van der Waals surface area contributed by atoms with Crippen LogP contribution in [-0.4, -0.2) is 104 Å². The van der Waals surface area contributed by atoms with Gasteiger partial charge in [-0.2, -0.15) is 0 Å². The van der Waals surface area contributed by atoms with Gasteiger partial charge in [-0.05, 0) is 38.1 Å². The smallest absolute Gasteiger partial charge is 0.339 e. The molecule has 1 aromatic carbocycles. The Morgan fingerprint density at radius 3 is 2.28 bits per heavy atom. The highest BCUT2D eigenvalue weighted by Gasteiger charge is 2.66. The summed E-state index contributed by atoms with van der Waals surface area (Å²) in [6, 6.07) is 1.78. The number of nitrogens with zero attached hydrogens (tertiary/aromatic N) is 1. The number of ether oxygens (including phenoxy) is 8. The highest BCUT2D eigenvalue weighted by Crippen LogP contribution is 2.63. The van der Waals surface area contributed by atoms with Crippen LogP contribution in [0.2, 0.25) is 0 Å². The summed E-state index contributed by atoms with van der Waals surface area (Å²) in [5, 5.41) is 0. The molecule has 46 heavy (non-hydrogen) atoms. The third kappa shape index (κ3) is 5.21. The van der Waals surface area contributed by atoms with Crippen LogP contribution in [0.25, 0.3) is 0 Å². The third-order valence-corrected chi connectivity index (χ3v) is 9.40. The summed E-state index contributed by atoms with van der Waals surface area (Å²) in [6.07, 6.45) is -4.27. The van der Waals surface area contributed by atoms with Crippen LogP contribution >= 0.6 is 0 Å². The fourth-order valence-electron chi connectivity index (χ4n) is 7.80. The minimum absolute atomic E-state index is 0.0478. The molecule has 0 aromatic heterocycles. The largest absolute Gasteiger partial charge is 0.482 e. The summed E-state index contributed by atoms with van der Waals surface area (Å²) < 4.78 is 55.0. The van der Waals surface area contributed by atoms with Crippen molar-refractivity contribution in [3.63, 3.8) is 0 Å². The Balaban J connectivity index is 1.43. The lowest BCUT2D eigenvalue weighted by atomic mass is 9.53. The van der Waals surface area contributed by atoms with Gasteiger partial charge >= 0.3 is 29.8 Å². The zero-order chi connectivity index (χ0) is 33.9. The molecule has 2 saturated heterocycles. The number of carbonyl (C=O) groups is 5. The number of rotatable bonds is 7. The molecule has 3 aliphatic heterocycles. The quantitative estimate of drug-likeness (QED) is 0.180. The van der Waals surface area contributed by atoms with Gasteiger partial charge < -0.3 is 42.8 Å². The maximum absolute atomic E-state index is 13.0. The number of esters is 5. The minimum Gasteiger partial charge on any atom is -0.482 e. The van der Waals surface area contributed by atoms with Gasteiger partial charge in [-0.15, -0.1) is 0 Å². The van der Waals surface area contributed by atoms with Gasteiger partial charge in [0.2, 0.25) is 6.29 Å². The van der Waals surface area contributed by atoms with E-state index in [9.17, 15) is 24.0 Å². The third-order valence-electron chi connectivity index (χ3n) is 9.40. The Bertz CT molecular complexity index is 1540. The van der Waals surface area contributed by atoms with Crippen LogP contribution in [-0.2, 0) is 64.2 Å². The van der Waals surface area contributed by atoms with Gasteiger partial charge in [0.1, 0.15) is 12.2 Å². The first-order valence-electron chi connectivity index (χ1n) is 15.6. The number of piperidine rings is 1. The van der Waals surface area contributed by atoms with E-state index in [1.54, 1.807) is 0 Å². The number of methoxy groups -OCH3 is 1. The molecule has 1 aromatic rings. The van der Waals surface area contributed by atoms with Gasteiger partial charge in [0.25, 0.3) is 0 Å². The predicted molar refractivity (Wildman–Crippen MR) is 153 cm³/mol. The van der Waals surface area contributed by atoms with Gasteiger partial charge in [0, 0.05) is 50.6 Å². The van der Waals surface area contributed by atoms with Crippen LogP contribution < -0.4 is 9.47 Å². The van der Waals surface area contributed by atoms with Crippen molar-refractivity contribution >= 4 is 29.8 Å². The Labute approximate surface area is 266 Å². The first-order chi connectivity index (χ1) is 22.3. The predicted octanol–water partition coefficient (Wildman–Crippen LogP) is 1.14. The molecule has 1 spiro atoms. The van der Waals surface area contributed by atoms with Crippen LogP contribution in [0, 0.1) is 5.92 Å². The molecule has 0 saturated carbocycles. The summed E-state index contributed by atoms with van der Waals surface area (Å²) in [5.74, 6) is -3.47. The molecule has 10 atom stereocenters. The van der Waals surface area contributed by atoms with Crippen molar-refractivity contribution in [3.8, 4) is 11.5 Å². The van der Waals surface area contributed by atoms with Crippen molar-refractivity contribution < 1.29 is 63.2 Å². The monoisotopic (exact) mass is 645 g/mol. The van der Waals surface area contributed by atoms with Gasteiger partial charge in [0.05, 0.1) is 8.48 Å².